The van der Waals surface area contributed by atoms with Gasteiger partial charge in [-0.25, -0.2) is 0 Å². The molecule has 3 heteroatoms. The minimum Gasteiger partial charge on any atom is -0.465 e. The van der Waals surface area contributed by atoms with Gasteiger partial charge >= 0.3 is 5.97 Å². The lowest BCUT2D eigenvalue weighted by Gasteiger charge is -2.37. The zero-order chi connectivity index (χ0) is 9.64. The first kappa shape index (κ1) is 8.75. The maximum atomic E-state index is 11.5. The van der Waals surface area contributed by atoms with E-state index in [1.807, 2.05) is 0 Å². The Morgan fingerprint density at radius 3 is 3.00 bits per heavy atom. The molecular weight excluding hydrogens is 168 g/mol. The standard InChI is InChI=1S/C10H14O3/c1-6-3-4-8(11)10(2)7(6)5-13-9(10)12/h7-8,11H,1,3-5H2,2H3/t7-,8-,10+/m0/s1. The molecule has 0 spiro atoms. The normalized spacial score (nSPS) is 44.5. The van der Waals surface area contributed by atoms with Gasteiger partial charge in [0.1, 0.15) is 5.41 Å². The highest BCUT2D eigenvalue weighted by Crippen LogP contribution is 2.48. The van der Waals surface area contributed by atoms with Crippen molar-refractivity contribution in [3.8, 4) is 0 Å². The van der Waals surface area contributed by atoms with E-state index in [0.29, 0.717) is 13.0 Å². The molecule has 2 aliphatic rings. The Bertz CT molecular complexity index is 271. The second kappa shape index (κ2) is 2.58. The number of ether oxygens (including phenoxy) is 1. The molecule has 1 aliphatic heterocycles. The third-order valence-corrected chi connectivity index (χ3v) is 3.47. The van der Waals surface area contributed by atoms with Gasteiger partial charge in [0.05, 0.1) is 12.7 Å². The lowest BCUT2D eigenvalue weighted by Crippen LogP contribution is -2.45. The molecule has 1 saturated heterocycles. The van der Waals surface area contributed by atoms with Crippen molar-refractivity contribution < 1.29 is 14.6 Å². The van der Waals surface area contributed by atoms with Crippen LogP contribution in [0.5, 0.6) is 0 Å². The quantitative estimate of drug-likeness (QED) is 0.447. The number of rotatable bonds is 0. The highest BCUT2D eigenvalue weighted by molar-refractivity contribution is 5.80. The van der Waals surface area contributed by atoms with E-state index in [1.54, 1.807) is 6.92 Å². The first-order chi connectivity index (χ1) is 6.06. The summed E-state index contributed by atoms with van der Waals surface area (Å²) >= 11 is 0. The number of hydrogen-bond acceptors (Lipinski definition) is 3. The van der Waals surface area contributed by atoms with Crippen LogP contribution in [-0.4, -0.2) is 23.8 Å². The van der Waals surface area contributed by atoms with Crippen LogP contribution in [0.2, 0.25) is 0 Å². The Kier molecular flexibility index (Phi) is 1.74. The molecular formula is C10H14O3. The van der Waals surface area contributed by atoms with E-state index in [9.17, 15) is 9.90 Å². The maximum Gasteiger partial charge on any atom is 0.315 e. The van der Waals surface area contributed by atoms with Crippen molar-refractivity contribution in [2.75, 3.05) is 6.61 Å². The molecule has 0 radical (unpaired) electrons. The van der Waals surface area contributed by atoms with E-state index >= 15 is 0 Å². The number of aliphatic hydroxyl groups is 1. The van der Waals surface area contributed by atoms with Crippen LogP contribution in [0.25, 0.3) is 0 Å². The number of cyclic esters (lactones) is 1. The highest BCUT2D eigenvalue weighted by atomic mass is 16.5. The molecule has 0 aromatic rings. The van der Waals surface area contributed by atoms with E-state index in [0.717, 1.165) is 12.0 Å². The average molecular weight is 182 g/mol. The maximum absolute atomic E-state index is 11.5. The summed E-state index contributed by atoms with van der Waals surface area (Å²) in [6.45, 7) is 6.10. The first-order valence-corrected chi connectivity index (χ1v) is 4.59. The molecule has 3 atom stereocenters. The third kappa shape index (κ3) is 0.967. The van der Waals surface area contributed by atoms with Crippen LogP contribution in [0, 0.1) is 11.3 Å². The number of esters is 1. The molecule has 1 saturated carbocycles. The summed E-state index contributed by atoms with van der Waals surface area (Å²) in [7, 11) is 0. The largest absolute Gasteiger partial charge is 0.465 e. The molecule has 0 unspecified atom stereocenters. The molecule has 0 aromatic heterocycles. The van der Waals surface area contributed by atoms with Gasteiger partial charge in [0.25, 0.3) is 0 Å². The van der Waals surface area contributed by atoms with E-state index in [4.69, 9.17) is 4.74 Å². The highest BCUT2D eigenvalue weighted by Gasteiger charge is 2.56. The van der Waals surface area contributed by atoms with Gasteiger partial charge in [0.15, 0.2) is 0 Å². The SMILES string of the molecule is C=C1CC[C@H](O)[C@]2(C)C(=O)OC[C@@H]12. The fraction of sp³-hybridized carbons (Fsp3) is 0.700. The molecule has 1 N–H and O–H groups in total. The topological polar surface area (TPSA) is 46.5 Å². The van der Waals surface area contributed by atoms with Crippen LogP contribution in [-0.2, 0) is 9.53 Å². The second-order valence-corrected chi connectivity index (χ2v) is 4.15. The molecule has 1 aliphatic carbocycles. The van der Waals surface area contributed by atoms with Crippen molar-refractivity contribution in [2.45, 2.75) is 25.9 Å². The van der Waals surface area contributed by atoms with Gasteiger partial charge in [0.2, 0.25) is 0 Å². The predicted octanol–water partition coefficient (Wildman–Crippen LogP) is 0.877. The molecule has 0 amide bonds. The zero-order valence-electron chi connectivity index (χ0n) is 7.75. The summed E-state index contributed by atoms with van der Waals surface area (Å²) in [5, 5.41) is 9.78. The number of carbonyl (C=O) groups is 1. The van der Waals surface area contributed by atoms with E-state index in [-0.39, 0.29) is 11.9 Å². The lowest BCUT2D eigenvalue weighted by atomic mass is 9.65. The van der Waals surface area contributed by atoms with Gasteiger partial charge in [-0.15, -0.1) is 0 Å². The third-order valence-electron chi connectivity index (χ3n) is 3.47. The minimum atomic E-state index is -0.727. The zero-order valence-corrected chi connectivity index (χ0v) is 7.75. The first-order valence-electron chi connectivity index (χ1n) is 4.59. The van der Waals surface area contributed by atoms with Gasteiger partial charge in [-0.05, 0) is 19.8 Å². The fourth-order valence-electron chi connectivity index (χ4n) is 2.34. The Balaban J connectivity index is 2.38. The van der Waals surface area contributed by atoms with E-state index < -0.39 is 11.5 Å². The Morgan fingerprint density at radius 1 is 1.69 bits per heavy atom. The van der Waals surface area contributed by atoms with Crippen LogP contribution in [0.1, 0.15) is 19.8 Å². The lowest BCUT2D eigenvalue weighted by molar-refractivity contribution is -0.152. The van der Waals surface area contributed by atoms with Crippen LogP contribution in [0.3, 0.4) is 0 Å². The Morgan fingerprint density at radius 2 is 2.38 bits per heavy atom. The number of hydrogen-bond donors (Lipinski definition) is 1. The molecule has 2 fully saturated rings. The molecule has 13 heavy (non-hydrogen) atoms. The van der Waals surface area contributed by atoms with Gasteiger partial charge in [-0.3, -0.25) is 4.79 Å². The van der Waals surface area contributed by atoms with Crippen LogP contribution in [0.15, 0.2) is 12.2 Å². The molecule has 2 rings (SSSR count). The Hall–Kier alpha value is -0.830. The van der Waals surface area contributed by atoms with Gasteiger partial charge in [-0.1, -0.05) is 12.2 Å². The van der Waals surface area contributed by atoms with Crippen LogP contribution in [0.4, 0.5) is 0 Å². The van der Waals surface area contributed by atoms with Crippen molar-refractivity contribution in [3.05, 3.63) is 12.2 Å². The van der Waals surface area contributed by atoms with Gasteiger partial charge in [-0.2, -0.15) is 0 Å². The molecule has 72 valence electrons. The molecule has 0 aromatic carbocycles. The van der Waals surface area contributed by atoms with Crippen molar-refractivity contribution in [3.63, 3.8) is 0 Å². The molecule has 0 bridgehead atoms. The van der Waals surface area contributed by atoms with Gasteiger partial charge in [0, 0.05) is 5.92 Å². The van der Waals surface area contributed by atoms with Crippen molar-refractivity contribution >= 4 is 5.97 Å². The average Bonchev–Trinajstić information content (AvgIpc) is 2.39. The summed E-state index contributed by atoms with van der Waals surface area (Å²) in [6, 6.07) is 0. The van der Waals surface area contributed by atoms with E-state index in [1.165, 1.54) is 0 Å². The number of carbonyl (C=O) groups excluding carboxylic acids is 1. The monoisotopic (exact) mass is 182 g/mol. The van der Waals surface area contributed by atoms with Crippen molar-refractivity contribution in [1.82, 2.24) is 0 Å². The van der Waals surface area contributed by atoms with Gasteiger partial charge < -0.3 is 9.84 Å². The summed E-state index contributed by atoms with van der Waals surface area (Å²) in [6.07, 6.45) is 0.858. The molecule has 3 nitrogen and oxygen atoms in total. The summed E-state index contributed by atoms with van der Waals surface area (Å²) in [5.41, 5.74) is 0.314. The minimum absolute atomic E-state index is 0.0174. The Labute approximate surface area is 77.4 Å². The number of aliphatic hydroxyl groups excluding tert-OH is 1. The van der Waals surface area contributed by atoms with Crippen LogP contribution >= 0.6 is 0 Å². The van der Waals surface area contributed by atoms with Crippen molar-refractivity contribution in [2.24, 2.45) is 11.3 Å². The molecule has 1 heterocycles. The van der Waals surface area contributed by atoms with E-state index in [2.05, 4.69) is 6.58 Å². The summed E-state index contributed by atoms with van der Waals surface area (Å²) in [5.74, 6) is -0.255. The summed E-state index contributed by atoms with van der Waals surface area (Å²) in [4.78, 5) is 11.5. The summed E-state index contributed by atoms with van der Waals surface area (Å²) < 4.78 is 4.98. The number of fused-ring (bicyclic) bond motifs is 1. The smallest absolute Gasteiger partial charge is 0.315 e. The van der Waals surface area contributed by atoms with Crippen LogP contribution < -0.4 is 0 Å². The van der Waals surface area contributed by atoms with Crippen molar-refractivity contribution in [1.29, 1.82) is 0 Å². The second-order valence-electron chi connectivity index (χ2n) is 4.15. The fourth-order valence-corrected chi connectivity index (χ4v) is 2.34. The predicted molar refractivity (Wildman–Crippen MR) is 46.9 cm³/mol.